The molecule has 0 bridgehead atoms. The minimum atomic E-state index is -4.47. The van der Waals surface area contributed by atoms with Crippen molar-refractivity contribution in [1.29, 1.82) is 0 Å². The summed E-state index contributed by atoms with van der Waals surface area (Å²) in [5, 5.41) is 5.30. The van der Waals surface area contributed by atoms with Crippen LogP contribution in [0.1, 0.15) is 50.9 Å². The summed E-state index contributed by atoms with van der Waals surface area (Å²) in [6, 6.07) is 3.93. The quantitative estimate of drug-likeness (QED) is 0.387. The van der Waals surface area contributed by atoms with Crippen molar-refractivity contribution in [3.63, 3.8) is 0 Å². The number of rotatable bonds is 11. The molecule has 0 amide bonds. The minimum absolute atomic E-state index is 0.00761. The van der Waals surface area contributed by atoms with Crippen LogP contribution in [0.25, 0.3) is 11.8 Å². The van der Waals surface area contributed by atoms with Gasteiger partial charge in [-0.05, 0) is 57.0 Å². The Kier molecular flexibility index (Phi) is 10.1. The number of hydroxylamine groups is 1. The van der Waals surface area contributed by atoms with Gasteiger partial charge in [0.15, 0.2) is 6.61 Å². The minimum Gasteiger partial charge on any atom is -0.386 e. The van der Waals surface area contributed by atoms with Crippen LogP contribution in [-0.4, -0.2) is 28.8 Å². The van der Waals surface area contributed by atoms with E-state index in [1.807, 2.05) is 26.1 Å². The molecule has 0 saturated carbocycles. The number of hydrogen-bond acceptors (Lipinski definition) is 7. The molecular formula is C23H31F3N4O3. The lowest BCUT2D eigenvalue weighted by Crippen LogP contribution is -2.35. The highest BCUT2D eigenvalue weighted by molar-refractivity contribution is 5.44. The molecule has 2 aromatic heterocycles. The van der Waals surface area contributed by atoms with E-state index in [-0.39, 0.29) is 11.9 Å². The topological polar surface area (TPSA) is 77.5 Å². The maximum atomic E-state index is 12.2. The van der Waals surface area contributed by atoms with Gasteiger partial charge in [-0.25, -0.2) is 4.98 Å². The van der Waals surface area contributed by atoms with Crippen molar-refractivity contribution in [2.24, 2.45) is 0 Å². The summed E-state index contributed by atoms with van der Waals surface area (Å²) in [5.41, 5.74) is 6.33. The first kappa shape index (κ1) is 26.6. The zero-order valence-electron chi connectivity index (χ0n) is 19.5. The molecule has 2 heterocycles. The van der Waals surface area contributed by atoms with E-state index in [1.165, 1.54) is 11.8 Å². The van der Waals surface area contributed by atoms with Gasteiger partial charge in [0.25, 0.3) is 5.88 Å². The van der Waals surface area contributed by atoms with Gasteiger partial charge in [0.2, 0.25) is 0 Å². The average Bonchev–Trinajstić information content (AvgIpc) is 2.74. The zero-order valence-corrected chi connectivity index (χ0v) is 19.5. The van der Waals surface area contributed by atoms with Crippen LogP contribution in [0, 0.1) is 6.92 Å². The first-order valence-electron chi connectivity index (χ1n) is 10.7. The number of aromatic nitrogens is 2. The van der Waals surface area contributed by atoms with E-state index in [1.54, 1.807) is 19.2 Å². The summed E-state index contributed by atoms with van der Waals surface area (Å²) in [6.07, 6.45) is 1.61. The van der Waals surface area contributed by atoms with E-state index in [9.17, 15) is 13.2 Å². The monoisotopic (exact) mass is 468 g/mol. The first-order valence-corrected chi connectivity index (χ1v) is 10.7. The van der Waals surface area contributed by atoms with E-state index in [0.29, 0.717) is 18.7 Å². The average molecular weight is 469 g/mol. The van der Waals surface area contributed by atoms with Crippen molar-refractivity contribution in [2.75, 3.05) is 6.61 Å². The molecule has 0 atom stereocenters. The molecule has 0 fully saturated rings. The molecule has 182 valence electrons. The van der Waals surface area contributed by atoms with Crippen LogP contribution >= 0.6 is 0 Å². The van der Waals surface area contributed by atoms with Gasteiger partial charge in [-0.15, -0.1) is 0 Å². The van der Waals surface area contributed by atoms with Gasteiger partial charge in [-0.2, -0.15) is 23.5 Å². The highest BCUT2D eigenvalue weighted by atomic mass is 19.4. The summed E-state index contributed by atoms with van der Waals surface area (Å²) >= 11 is 0. The molecule has 0 saturated heterocycles. The molecule has 0 aliphatic heterocycles. The summed E-state index contributed by atoms with van der Waals surface area (Å²) in [6.45, 7) is 9.08. The number of pyridine rings is 2. The molecule has 0 aliphatic carbocycles. The Hall–Kier alpha value is -2.69. The lowest BCUT2D eigenvalue weighted by atomic mass is 10.1. The van der Waals surface area contributed by atoms with Crippen LogP contribution in [0.4, 0.5) is 13.2 Å². The van der Waals surface area contributed by atoms with Gasteiger partial charge >= 0.3 is 6.18 Å². The van der Waals surface area contributed by atoms with Crippen LogP contribution in [0.2, 0.25) is 0 Å². The second-order valence-corrected chi connectivity index (χ2v) is 7.87. The molecule has 10 heteroatoms. The lowest BCUT2D eigenvalue weighted by Gasteiger charge is -2.11. The van der Waals surface area contributed by atoms with Crippen molar-refractivity contribution in [2.45, 2.75) is 66.4 Å². The Bertz CT molecular complexity index is 1030. The second-order valence-electron chi connectivity index (χ2n) is 7.87. The van der Waals surface area contributed by atoms with Crippen molar-refractivity contribution in [1.82, 2.24) is 20.8 Å². The fraction of sp³-hybridized carbons (Fsp3) is 0.478. The molecule has 0 unspecified atom stereocenters. The van der Waals surface area contributed by atoms with Gasteiger partial charge in [0.05, 0.1) is 5.69 Å². The third kappa shape index (κ3) is 8.99. The summed E-state index contributed by atoms with van der Waals surface area (Å²) in [4.78, 5) is 23.0. The van der Waals surface area contributed by atoms with Crippen molar-refractivity contribution < 1.29 is 27.8 Å². The van der Waals surface area contributed by atoms with E-state index in [2.05, 4.69) is 44.4 Å². The molecule has 0 aliphatic rings. The molecule has 0 aromatic carbocycles. The van der Waals surface area contributed by atoms with Crippen LogP contribution < -0.4 is 26.1 Å². The standard InChI is InChI=1S/C23H31F3N4O3/c1-6-16(4)19-7-8-28-21(13-31-30-15(2)3)20(19)12-27-10-18-9-17(5)22(29-11-18)33-32-14-23(24,25)26/h7-9,11-12,15,27,30H,6,10,13-14H2,1-5H3/b19-16-,20-12+. The van der Waals surface area contributed by atoms with Crippen LogP contribution in [0.15, 0.2) is 24.5 Å². The van der Waals surface area contributed by atoms with Crippen LogP contribution in [0.5, 0.6) is 5.88 Å². The molecular weight excluding hydrogens is 437 g/mol. The third-order valence-corrected chi connectivity index (χ3v) is 4.59. The van der Waals surface area contributed by atoms with E-state index >= 15 is 0 Å². The molecule has 33 heavy (non-hydrogen) atoms. The Balaban J connectivity index is 2.16. The van der Waals surface area contributed by atoms with Crippen molar-refractivity contribution in [3.05, 3.63) is 51.8 Å². The number of halogens is 3. The summed E-state index contributed by atoms with van der Waals surface area (Å²) in [7, 11) is 0. The van der Waals surface area contributed by atoms with Crippen LogP contribution in [0.3, 0.4) is 0 Å². The Morgan fingerprint density at radius 2 is 2.00 bits per heavy atom. The highest BCUT2D eigenvalue weighted by Gasteiger charge is 2.29. The van der Waals surface area contributed by atoms with Gasteiger partial charge in [-0.1, -0.05) is 12.5 Å². The second kappa shape index (κ2) is 12.5. The van der Waals surface area contributed by atoms with Crippen molar-refractivity contribution >= 4 is 11.8 Å². The van der Waals surface area contributed by atoms with E-state index in [4.69, 9.17) is 4.84 Å². The largest absolute Gasteiger partial charge is 0.415 e. The number of alkyl halides is 3. The fourth-order valence-electron chi connectivity index (χ4n) is 2.86. The molecule has 2 rings (SSSR count). The molecule has 2 aromatic rings. The SMILES string of the molecule is CC/C(C)=c1/ccnc(CONC(C)C)/c1=C/NCc1cnc(OOCC(F)(F)F)c(C)c1. The van der Waals surface area contributed by atoms with E-state index in [0.717, 1.165) is 28.1 Å². The van der Waals surface area contributed by atoms with Crippen molar-refractivity contribution in [3.8, 4) is 5.88 Å². The van der Waals surface area contributed by atoms with Gasteiger partial charge in [-0.3, -0.25) is 9.82 Å². The molecule has 0 radical (unpaired) electrons. The van der Waals surface area contributed by atoms with Gasteiger partial charge in [0.1, 0.15) is 6.61 Å². The molecule has 7 nitrogen and oxygen atoms in total. The number of aryl methyl sites for hydroxylation is 1. The molecule has 0 spiro atoms. The zero-order chi connectivity index (χ0) is 24.4. The maximum Gasteiger partial charge on any atom is 0.415 e. The maximum absolute atomic E-state index is 12.2. The predicted octanol–water partition coefficient (Wildman–Crippen LogP) is 3.20. The number of nitrogens with one attached hydrogen (secondary N) is 2. The summed E-state index contributed by atoms with van der Waals surface area (Å²) in [5.74, 6) is -0.00761. The van der Waals surface area contributed by atoms with Crippen LogP contribution in [-0.2, 0) is 22.9 Å². The first-order chi connectivity index (χ1) is 15.6. The van der Waals surface area contributed by atoms with Gasteiger partial charge in [0, 0.05) is 42.0 Å². The predicted molar refractivity (Wildman–Crippen MR) is 119 cm³/mol. The highest BCUT2D eigenvalue weighted by Crippen LogP contribution is 2.18. The summed E-state index contributed by atoms with van der Waals surface area (Å²) < 4.78 is 36.5. The number of nitrogens with zero attached hydrogens (tertiary/aromatic N) is 2. The third-order valence-electron chi connectivity index (χ3n) is 4.59. The normalized spacial score (nSPS) is 13.4. The molecule has 2 N–H and O–H groups in total. The Labute approximate surface area is 191 Å². The Morgan fingerprint density at radius 3 is 2.64 bits per heavy atom. The number of hydrogen-bond donors (Lipinski definition) is 2. The Morgan fingerprint density at radius 1 is 1.24 bits per heavy atom. The van der Waals surface area contributed by atoms with Gasteiger partial charge < -0.3 is 10.2 Å². The lowest BCUT2D eigenvalue weighted by molar-refractivity contribution is -0.284. The smallest absolute Gasteiger partial charge is 0.386 e. The fourth-order valence-corrected chi connectivity index (χ4v) is 2.86. The van der Waals surface area contributed by atoms with E-state index < -0.39 is 12.8 Å².